The molecule has 0 unspecified atom stereocenters. The van der Waals surface area contributed by atoms with E-state index in [2.05, 4.69) is 11.5 Å². The molecule has 2 rings (SSSR count). The van der Waals surface area contributed by atoms with Gasteiger partial charge in [0.05, 0.1) is 4.90 Å². The molecular weight excluding hydrogens is 338 g/mol. The summed E-state index contributed by atoms with van der Waals surface area (Å²) in [6, 6.07) is 6.33. The highest BCUT2D eigenvalue weighted by Gasteiger charge is 2.28. The molecule has 1 aromatic rings. The van der Waals surface area contributed by atoms with E-state index in [9.17, 15) is 13.2 Å². The molecule has 25 heavy (non-hydrogen) atoms. The van der Waals surface area contributed by atoms with Gasteiger partial charge in [-0.1, -0.05) is 18.2 Å². The minimum absolute atomic E-state index is 0.175. The normalized spacial score (nSPS) is 16.6. The molecule has 6 nitrogen and oxygen atoms in total. The van der Waals surface area contributed by atoms with Crippen molar-refractivity contribution in [3.8, 4) is 0 Å². The smallest absolute Gasteiger partial charge is 0.254 e. The molecule has 0 bridgehead atoms. The van der Waals surface area contributed by atoms with Gasteiger partial charge in [0.1, 0.15) is 0 Å². The Bertz CT molecular complexity index is 738. The lowest BCUT2D eigenvalue weighted by atomic mass is 10.2. The number of carbonyl (C=O) groups excluding carboxylic acids is 1. The first-order valence-corrected chi connectivity index (χ1v) is 9.92. The summed E-state index contributed by atoms with van der Waals surface area (Å²) in [5, 5.41) is 0. The maximum atomic E-state index is 12.9. The number of sulfonamides is 1. The van der Waals surface area contributed by atoms with Gasteiger partial charge >= 0.3 is 0 Å². The van der Waals surface area contributed by atoms with Crippen molar-refractivity contribution in [1.29, 1.82) is 0 Å². The zero-order valence-electron chi connectivity index (χ0n) is 15.2. The van der Waals surface area contributed by atoms with Crippen LogP contribution in [0.5, 0.6) is 0 Å². The summed E-state index contributed by atoms with van der Waals surface area (Å²) in [6.45, 7) is 11.0. The fourth-order valence-electron chi connectivity index (χ4n) is 2.80. The van der Waals surface area contributed by atoms with Crippen LogP contribution in [0.2, 0.25) is 0 Å². The molecule has 0 aromatic heterocycles. The first-order valence-electron chi connectivity index (χ1n) is 8.48. The largest absolute Gasteiger partial charge is 0.335 e. The molecule has 1 fully saturated rings. The second-order valence-corrected chi connectivity index (χ2v) is 8.45. The van der Waals surface area contributed by atoms with Gasteiger partial charge in [0, 0.05) is 44.8 Å². The zero-order chi connectivity index (χ0) is 18.6. The standard InChI is InChI=1S/C18H27N3O3S/c1-5-20(14-15(2)3)18(22)16-7-6-8-17(13-16)25(23,24)21-11-9-19(4)10-12-21/h6-8,13H,2,5,9-12,14H2,1,3-4H3. The van der Waals surface area contributed by atoms with E-state index in [0.717, 1.165) is 5.57 Å². The summed E-state index contributed by atoms with van der Waals surface area (Å²) in [4.78, 5) is 16.6. The second kappa shape index (κ2) is 8.12. The van der Waals surface area contributed by atoms with Crippen molar-refractivity contribution in [3.05, 3.63) is 42.0 Å². The third kappa shape index (κ3) is 4.68. The minimum atomic E-state index is -3.58. The lowest BCUT2D eigenvalue weighted by Gasteiger charge is -2.31. The van der Waals surface area contributed by atoms with E-state index in [-0.39, 0.29) is 10.8 Å². The number of nitrogens with zero attached hydrogens (tertiary/aromatic N) is 3. The second-order valence-electron chi connectivity index (χ2n) is 6.51. The van der Waals surface area contributed by atoms with Crippen molar-refractivity contribution in [2.24, 2.45) is 0 Å². The fraction of sp³-hybridized carbons (Fsp3) is 0.500. The Balaban J connectivity index is 2.25. The maximum Gasteiger partial charge on any atom is 0.254 e. The lowest BCUT2D eigenvalue weighted by molar-refractivity contribution is 0.0778. The van der Waals surface area contributed by atoms with Gasteiger partial charge in [0.25, 0.3) is 5.91 Å². The summed E-state index contributed by atoms with van der Waals surface area (Å²) < 4.78 is 27.2. The van der Waals surface area contributed by atoms with Crippen LogP contribution in [0, 0.1) is 0 Å². The van der Waals surface area contributed by atoms with E-state index < -0.39 is 10.0 Å². The molecule has 7 heteroatoms. The van der Waals surface area contributed by atoms with Gasteiger partial charge in [-0.25, -0.2) is 8.42 Å². The molecule has 138 valence electrons. The topological polar surface area (TPSA) is 60.9 Å². The van der Waals surface area contributed by atoms with Crippen LogP contribution in [0.1, 0.15) is 24.2 Å². The van der Waals surface area contributed by atoms with Crippen LogP contribution >= 0.6 is 0 Å². The Hall–Kier alpha value is -1.70. The third-order valence-electron chi connectivity index (χ3n) is 4.31. The SMILES string of the molecule is C=C(C)CN(CC)C(=O)c1cccc(S(=O)(=O)N2CCN(C)CC2)c1. The highest BCUT2D eigenvalue weighted by molar-refractivity contribution is 7.89. The molecule has 0 spiro atoms. The first-order chi connectivity index (χ1) is 11.8. The van der Waals surface area contributed by atoms with Crippen molar-refractivity contribution in [3.63, 3.8) is 0 Å². The van der Waals surface area contributed by atoms with E-state index in [1.54, 1.807) is 23.1 Å². The molecular formula is C18H27N3O3S. The average Bonchev–Trinajstić information content (AvgIpc) is 2.59. The van der Waals surface area contributed by atoms with E-state index in [1.807, 2.05) is 20.9 Å². The van der Waals surface area contributed by atoms with Gasteiger partial charge in [-0.3, -0.25) is 4.79 Å². The Morgan fingerprint density at radius 1 is 1.24 bits per heavy atom. The number of amides is 1. The predicted octanol–water partition coefficient (Wildman–Crippen LogP) is 1.66. The van der Waals surface area contributed by atoms with Crippen LogP contribution in [0.25, 0.3) is 0 Å². The maximum absolute atomic E-state index is 12.9. The van der Waals surface area contributed by atoms with Crippen LogP contribution in [-0.2, 0) is 10.0 Å². The fourth-order valence-corrected chi connectivity index (χ4v) is 4.27. The van der Waals surface area contributed by atoms with Crippen molar-refractivity contribution in [1.82, 2.24) is 14.1 Å². The predicted molar refractivity (Wildman–Crippen MR) is 99.1 cm³/mol. The molecule has 0 radical (unpaired) electrons. The summed E-state index contributed by atoms with van der Waals surface area (Å²) >= 11 is 0. The summed E-state index contributed by atoms with van der Waals surface area (Å²) in [7, 11) is -1.60. The molecule has 1 saturated heterocycles. The van der Waals surface area contributed by atoms with Gasteiger partial charge in [-0.15, -0.1) is 0 Å². The highest BCUT2D eigenvalue weighted by Crippen LogP contribution is 2.19. The van der Waals surface area contributed by atoms with Gasteiger partial charge in [-0.05, 0) is 39.1 Å². The first kappa shape index (κ1) is 19.6. The van der Waals surface area contributed by atoms with E-state index in [4.69, 9.17) is 0 Å². The average molecular weight is 365 g/mol. The summed E-state index contributed by atoms with van der Waals surface area (Å²) in [5.41, 5.74) is 1.27. The Kier molecular flexibility index (Phi) is 6.37. The van der Waals surface area contributed by atoms with Crippen molar-refractivity contribution in [2.75, 3.05) is 46.3 Å². The van der Waals surface area contributed by atoms with Gasteiger partial charge < -0.3 is 9.80 Å². The molecule has 1 aliphatic rings. The zero-order valence-corrected chi connectivity index (χ0v) is 16.1. The van der Waals surface area contributed by atoms with Crippen LogP contribution < -0.4 is 0 Å². The Morgan fingerprint density at radius 3 is 2.44 bits per heavy atom. The van der Waals surface area contributed by atoms with Gasteiger partial charge in [0.15, 0.2) is 0 Å². The van der Waals surface area contributed by atoms with Crippen molar-refractivity contribution >= 4 is 15.9 Å². The Morgan fingerprint density at radius 2 is 1.88 bits per heavy atom. The molecule has 1 aromatic carbocycles. The van der Waals surface area contributed by atoms with Gasteiger partial charge in [0.2, 0.25) is 10.0 Å². The van der Waals surface area contributed by atoms with Crippen LogP contribution in [-0.4, -0.2) is 74.7 Å². The van der Waals surface area contributed by atoms with E-state index in [1.165, 1.54) is 10.4 Å². The molecule has 0 N–H and O–H groups in total. The molecule has 1 heterocycles. The van der Waals surface area contributed by atoms with E-state index in [0.29, 0.717) is 44.8 Å². The number of piperazine rings is 1. The van der Waals surface area contributed by atoms with Gasteiger partial charge in [-0.2, -0.15) is 4.31 Å². The van der Waals surface area contributed by atoms with Crippen LogP contribution in [0.3, 0.4) is 0 Å². The van der Waals surface area contributed by atoms with Crippen molar-refractivity contribution < 1.29 is 13.2 Å². The summed E-state index contributed by atoms with van der Waals surface area (Å²) in [5.74, 6) is -0.180. The van der Waals surface area contributed by atoms with Crippen LogP contribution in [0.15, 0.2) is 41.3 Å². The Labute approximate surface area is 150 Å². The molecule has 0 aliphatic carbocycles. The van der Waals surface area contributed by atoms with Crippen molar-refractivity contribution in [2.45, 2.75) is 18.7 Å². The number of rotatable bonds is 6. The number of benzene rings is 1. The number of likely N-dealkylation sites (N-methyl/N-ethyl adjacent to an activating group) is 2. The third-order valence-corrected chi connectivity index (χ3v) is 6.21. The molecule has 1 amide bonds. The molecule has 1 aliphatic heterocycles. The molecule has 0 saturated carbocycles. The minimum Gasteiger partial charge on any atom is -0.335 e. The number of hydrogen-bond donors (Lipinski definition) is 0. The van der Waals surface area contributed by atoms with Crippen LogP contribution in [0.4, 0.5) is 0 Å². The molecule has 0 atom stereocenters. The van der Waals surface area contributed by atoms with E-state index >= 15 is 0 Å². The lowest BCUT2D eigenvalue weighted by Crippen LogP contribution is -2.47. The number of hydrogen-bond acceptors (Lipinski definition) is 4. The quantitative estimate of drug-likeness (QED) is 0.720. The highest BCUT2D eigenvalue weighted by atomic mass is 32.2. The summed E-state index contributed by atoms with van der Waals surface area (Å²) in [6.07, 6.45) is 0. The number of carbonyl (C=O) groups is 1. The monoisotopic (exact) mass is 365 g/mol.